The number of nitrogens with two attached hydrogens (primary N) is 1. The molecule has 0 radical (unpaired) electrons. The van der Waals surface area contributed by atoms with E-state index in [0.29, 0.717) is 18.1 Å². The second-order valence-electron chi connectivity index (χ2n) is 3.99. The summed E-state index contributed by atoms with van der Waals surface area (Å²) in [5, 5.41) is 0. The lowest BCUT2D eigenvalue weighted by molar-refractivity contribution is 0.310. The molecule has 0 saturated carbocycles. The average Bonchev–Trinajstić information content (AvgIpc) is 2.47. The van der Waals surface area contributed by atoms with Crippen LogP contribution in [0.2, 0.25) is 0 Å². The van der Waals surface area contributed by atoms with Crippen molar-refractivity contribution in [1.29, 1.82) is 0 Å². The Bertz CT molecular complexity index is 531. The zero-order valence-corrected chi connectivity index (χ0v) is 11.0. The van der Waals surface area contributed by atoms with E-state index in [1.54, 1.807) is 19.5 Å². The highest BCUT2D eigenvalue weighted by Crippen LogP contribution is 2.31. The minimum absolute atomic E-state index is 0.286. The molecule has 0 aliphatic heterocycles. The fraction of sp³-hybridized carbons (Fsp3) is 0.286. The summed E-state index contributed by atoms with van der Waals surface area (Å²) in [6, 6.07) is 5.37. The van der Waals surface area contributed by atoms with Crippen LogP contribution in [-0.4, -0.2) is 23.7 Å². The van der Waals surface area contributed by atoms with E-state index in [1.165, 1.54) is 6.33 Å². The van der Waals surface area contributed by atoms with Crippen LogP contribution in [0.15, 0.2) is 36.9 Å². The largest absolute Gasteiger partial charge is 0.493 e. The van der Waals surface area contributed by atoms with Gasteiger partial charge in [-0.3, -0.25) is 0 Å². The van der Waals surface area contributed by atoms with E-state index in [-0.39, 0.29) is 6.04 Å². The fourth-order valence-corrected chi connectivity index (χ4v) is 1.82. The highest BCUT2D eigenvalue weighted by molar-refractivity contribution is 5.45. The molecule has 2 rings (SSSR count). The van der Waals surface area contributed by atoms with Gasteiger partial charge >= 0.3 is 0 Å². The van der Waals surface area contributed by atoms with E-state index in [1.807, 2.05) is 25.1 Å². The SMILES string of the molecule is CCOc1cc(C(N)c2cncnc2)ccc1OC. The molecule has 1 aromatic carbocycles. The van der Waals surface area contributed by atoms with Crippen LogP contribution in [0.25, 0.3) is 0 Å². The molecule has 0 amide bonds. The van der Waals surface area contributed by atoms with Gasteiger partial charge in [-0.05, 0) is 24.6 Å². The summed E-state index contributed by atoms with van der Waals surface area (Å²) in [5.41, 5.74) is 7.98. The van der Waals surface area contributed by atoms with Gasteiger partial charge < -0.3 is 15.2 Å². The number of rotatable bonds is 5. The molecule has 1 unspecified atom stereocenters. The zero-order valence-electron chi connectivity index (χ0n) is 11.0. The van der Waals surface area contributed by atoms with Crippen molar-refractivity contribution in [3.63, 3.8) is 0 Å². The number of ether oxygens (including phenoxy) is 2. The van der Waals surface area contributed by atoms with Crippen molar-refractivity contribution < 1.29 is 9.47 Å². The summed E-state index contributed by atoms with van der Waals surface area (Å²) < 4.78 is 10.8. The van der Waals surface area contributed by atoms with Crippen molar-refractivity contribution >= 4 is 0 Å². The van der Waals surface area contributed by atoms with Gasteiger partial charge in [0.05, 0.1) is 19.8 Å². The minimum atomic E-state index is -0.286. The van der Waals surface area contributed by atoms with Crippen LogP contribution in [0.5, 0.6) is 11.5 Å². The van der Waals surface area contributed by atoms with Crippen molar-refractivity contribution in [3.05, 3.63) is 48.0 Å². The normalized spacial score (nSPS) is 11.9. The topological polar surface area (TPSA) is 70.3 Å². The van der Waals surface area contributed by atoms with Crippen LogP contribution in [0.4, 0.5) is 0 Å². The molecule has 0 bridgehead atoms. The Balaban J connectivity index is 2.32. The van der Waals surface area contributed by atoms with Gasteiger partial charge in [0.1, 0.15) is 6.33 Å². The van der Waals surface area contributed by atoms with Crippen LogP contribution in [-0.2, 0) is 0 Å². The molecule has 5 heteroatoms. The van der Waals surface area contributed by atoms with Gasteiger partial charge in [-0.1, -0.05) is 6.07 Å². The second kappa shape index (κ2) is 6.15. The van der Waals surface area contributed by atoms with Crippen LogP contribution < -0.4 is 15.2 Å². The Morgan fingerprint density at radius 3 is 2.53 bits per heavy atom. The predicted molar refractivity (Wildman–Crippen MR) is 72.2 cm³/mol. The first kappa shape index (κ1) is 13.3. The van der Waals surface area contributed by atoms with E-state index in [4.69, 9.17) is 15.2 Å². The summed E-state index contributed by atoms with van der Waals surface area (Å²) in [5.74, 6) is 1.39. The van der Waals surface area contributed by atoms with E-state index in [0.717, 1.165) is 11.1 Å². The highest BCUT2D eigenvalue weighted by atomic mass is 16.5. The fourth-order valence-electron chi connectivity index (χ4n) is 1.82. The molecule has 0 spiro atoms. The van der Waals surface area contributed by atoms with Gasteiger partial charge in [0.15, 0.2) is 11.5 Å². The molecule has 2 N–H and O–H groups in total. The summed E-state index contributed by atoms with van der Waals surface area (Å²) in [7, 11) is 1.61. The lowest BCUT2D eigenvalue weighted by Crippen LogP contribution is -2.12. The third kappa shape index (κ3) is 3.00. The molecule has 1 atom stereocenters. The zero-order chi connectivity index (χ0) is 13.7. The van der Waals surface area contributed by atoms with Crippen LogP contribution >= 0.6 is 0 Å². The highest BCUT2D eigenvalue weighted by Gasteiger charge is 2.13. The number of methoxy groups -OCH3 is 1. The Hall–Kier alpha value is -2.14. The van der Waals surface area contributed by atoms with Gasteiger partial charge in [0.25, 0.3) is 0 Å². The first-order valence-electron chi connectivity index (χ1n) is 6.07. The van der Waals surface area contributed by atoms with Crippen LogP contribution in [0.1, 0.15) is 24.1 Å². The molecule has 2 aromatic rings. The molecule has 0 aliphatic rings. The quantitative estimate of drug-likeness (QED) is 0.888. The number of hydrogen-bond acceptors (Lipinski definition) is 5. The maximum absolute atomic E-state index is 6.20. The molecule has 0 fully saturated rings. The van der Waals surface area contributed by atoms with Crippen molar-refractivity contribution in [2.24, 2.45) is 5.73 Å². The molecule has 5 nitrogen and oxygen atoms in total. The van der Waals surface area contributed by atoms with E-state index < -0.39 is 0 Å². The number of nitrogens with zero attached hydrogens (tertiary/aromatic N) is 2. The molecule has 19 heavy (non-hydrogen) atoms. The van der Waals surface area contributed by atoms with E-state index in [2.05, 4.69) is 9.97 Å². The van der Waals surface area contributed by atoms with Gasteiger partial charge in [-0.2, -0.15) is 0 Å². The van der Waals surface area contributed by atoms with Crippen molar-refractivity contribution in [2.75, 3.05) is 13.7 Å². The van der Waals surface area contributed by atoms with Gasteiger partial charge in [0, 0.05) is 18.0 Å². The van der Waals surface area contributed by atoms with Crippen molar-refractivity contribution in [1.82, 2.24) is 9.97 Å². The lowest BCUT2D eigenvalue weighted by atomic mass is 10.0. The minimum Gasteiger partial charge on any atom is -0.493 e. The first-order chi connectivity index (χ1) is 9.26. The monoisotopic (exact) mass is 259 g/mol. The maximum Gasteiger partial charge on any atom is 0.161 e. The molecular formula is C14H17N3O2. The predicted octanol–water partition coefficient (Wildman–Crippen LogP) is 1.93. The van der Waals surface area contributed by atoms with Crippen molar-refractivity contribution in [3.8, 4) is 11.5 Å². The summed E-state index contributed by atoms with van der Waals surface area (Å²) in [4.78, 5) is 7.95. The Kier molecular flexibility index (Phi) is 4.30. The first-order valence-corrected chi connectivity index (χ1v) is 6.07. The number of benzene rings is 1. The Labute approximate surface area is 112 Å². The number of hydrogen-bond donors (Lipinski definition) is 1. The van der Waals surface area contributed by atoms with Gasteiger partial charge in [0.2, 0.25) is 0 Å². The smallest absolute Gasteiger partial charge is 0.161 e. The third-order valence-electron chi connectivity index (χ3n) is 2.79. The standard InChI is InChI=1S/C14H17N3O2/c1-3-19-13-6-10(4-5-12(13)18-2)14(15)11-7-16-9-17-8-11/h4-9,14H,3,15H2,1-2H3. The maximum atomic E-state index is 6.20. The summed E-state index contributed by atoms with van der Waals surface area (Å²) in [6.07, 6.45) is 4.90. The Morgan fingerprint density at radius 2 is 1.89 bits per heavy atom. The van der Waals surface area contributed by atoms with Crippen LogP contribution in [0, 0.1) is 0 Å². The molecular weight excluding hydrogens is 242 g/mol. The van der Waals surface area contributed by atoms with Gasteiger partial charge in [-0.15, -0.1) is 0 Å². The van der Waals surface area contributed by atoms with Crippen molar-refractivity contribution in [2.45, 2.75) is 13.0 Å². The molecule has 100 valence electrons. The second-order valence-corrected chi connectivity index (χ2v) is 3.99. The number of aromatic nitrogens is 2. The third-order valence-corrected chi connectivity index (χ3v) is 2.79. The Morgan fingerprint density at radius 1 is 1.16 bits per heavy atom. The lowest BCUT2D eigenvalue weighted by Gasteiger charge is -2.15. The molecule has 0 aliphatic carbocycles. The van der Waals surface area contributed by atoms with Gasteiger partial charge in [-0.25, -0.2) is 9.97 Å². The average molecular weight is 259 g/mol. The molecule has 1 heterocycles. The molecule has 1 aromatic heterocycles. The van der Waals surface area contributed by atoms with E-state index >= 15 is 0 Å². The van der Waals surface area contributed by atoms with E-state index in [9.17, 15) is 0 Å². The summed E-state index contributed by atoms with van der Waals surface area (Å²) >= 11 is 0. The molecule has 0 saturated heterocycles. The van der Waals surface area contributed by atoms with Crippen LogP contribution in [0.3, 0.4) is 0 Å². The summed E-state index contributed by atoms with van der Waals surface area (Å²) in [6.45, 7) is 2.50.